The summed E-state index contributed by atoms with van der Waals surface area (Å²) in [6.45, 7) is 29.1. The van der Waals surface area contributed by atoms with Crippen molar-refractivity contribution in [2.75, 3.05) is 0 Å². The molecule has 0 aliphatic heterocycles. The first kappa shape index (κ1) is 23.0. The van der Waals surface area contributed by atoms with Gasteiger partial charge in [0.15, 0.2) is 0 Å². The summed E-state index contributed by atoms with van der Waals surface area (Å²) in [5.74, 6) is 0. The van der Waals surface area contributed by atoms with Crippen LogP contribution in [-0.4, -0.2) is 14.4 Å². The van der Waals surface area contributed by atoms with Gasteiger partial charge in [-0.15, -0.1) is 0 Å². The molecule has 1 atom stereocenters. The van der Waals surface area contributed by atoms with Gasteiger partial charge >= 0.3 is 0 Å². The standard InChI is InChI=1S/C32H41N3/c1-27(2,3)25-18-14-16-35-24-21(34-26(35)19(18)13-15-33-25)17-20-22-23(24)29(6,7)31(10,11)32(22,12)30(8,9)28(20,4)5/h13-17H,1-12H3. The molecular formula is C32H41N3. The van der Waals surface area contributed by atoms with Gasteiger partial charge in [-0.3, -0.25) is 9.38 Å². The number of rotatable bonds is 0. The van der Waals surface area contributed by atoms with Crippen LogP contribution in [-0.2, 0) is 21.7 Å². The lowest BCUT2D eigenvalue weighted by atomic mass is 9.47. The fourth-order valence-electron chi connectivity index (χ4n) is 8.11. The van der Waals surface area contributed by atoms with Crippen LogP contribution in [0.25, 0.3) is 27.5 Å². The molecule has 1 aromatic carbocycles. The average molecular weight is 468 g/mol. The molecule has 0 saturated carbocycles. The number of hydrogen-bond donors (Lipinski definition) is 0. The van der Waals surface area contributed by atoms with Crippen molar-refractivity contribution in [3.05, 3.63) is 53.0 Å². The number of benzene rings is 1. The van der Waals surface area contributed by atoms with Crippen molar-refractivity contribution in [2.24, 2.45) is 10.8 Å². The van der Waals surface area contributed by atoms with Crippen molar-refractivity contribution in [1.82, 2.24) is 14.4 Å². The third kappa shape index (κ3) is 2.18. The molecule has 3 heteroatoms. The fraction of sp³-hybridized carbons (Fsp3) is 0.562. The number of fused-ring (bicyclic) bond motifs is 6. The highest BCUT2D eigenvalue weighted by molar-refractivity contribution is 6.01. The molecule has 0 amide bonds. The van der Waals surface area contributed by atoms with E-state index in [1.54, 1.807) is 5.56 Å². The van der Waals surface area contributed by atoms with E-state index in [0.717, 1.165) is 16.9 Å². The maximum Gasteiger partial charge on any atom is 0.145 e. The Hall–Kier alpha value is -2.42. The van der Waals surface area contributed by atoms with Crippen LogP contribution >= 0.6 is 0 Å². The Morgan fingerprint density at radius 2 is 1.40 bits per heavy atom. The lowest BCUT2D eigenvalue weighted by molar-refractivity contribution is -0.0103. The Balaban J connectivity index is 1.84. The molecule has 184 valence electrons. The summed E-state index contributed by atoms with van der Waals surface area (Å²) in [5, 5.41) is 2.39. The predicted molar refractivity (Wildman–Crippen MR) is 148 cm³/mol. The van der Waals surface area contributed by atoms with Crippen LogP contribution in [0.15, 0.2) is 30.6 Å². The number of imidazole rings is 1. The second-order valence-electron chi connectivity index (χ2n) is 14.7. The van der Waals surface area contributed by atoms with Crippen LogP contribution < -0.4 is 0 Å². The van der Waals surface area contributed by atoms with Crippen molar-refractivity contribution in [2.45, 2.75) is 105 Å². The predicted octanol–water partition coefficient (Wildman–Crippen LogP) is 8.23. The molecule has 2 aliphatic carbocycles. The van der Waals surface area contributed by atoms with Crippen LogP contribution in [0.4, 0.5) is 0 Å². The van der Waals surface area contributed by atoms with E-state index in [2.05, 4.69) is 112 Å². The van der Waals surface area contributed by atoms with Gasteiger partial charge in [0, 0.05) is 34.0 Å². The molecule has 0 N–H and O–H groups in total. The molecule has 0 spiro atoms. The molecule has 0 fully saturated rings. The van der Waals surface area contributed by atoms with Gasteiger partial charge in [0.25, 0.3) is 0 Å². The van der Waals surface area contributed by atoms with E-state index in [-0.39, 0.29) is 32.5 Å². The summed E-state index contributed by atoms with van der Waals surface area (Å²) in [5.41, 5.74) is 9.45. The van der Waals surface area contributed by atoms with Crippen LogP contribution in [0.1, 0.15) is 105 Å². The molecule has 0 saturated heterocycles. The van der Waals surface area contributed by atoms with Crippen LogP contribution in [0, 0.1) is 10.8 Å². The molecule has 3 heterocycles. The first-order valence-electron chi connectivity index (χ1n) is 13.2. The SMILES string of the molecule is CC(C)(C)c1nccc2c1ccn1c2nc2cc3c4c(c21)C(C)(C)C(C)(C)C4(C)C(C)(C)C3(C)C. The van der Waals surface area contributed by atoms with Crippen molar-refractivity contribution in [3.63, 3.8) is 0 Å². The van der Waals surface area contributed by atoms with Gasteiger partial charge in [0.1, 0.15) is 5.65 Å². The summed E-state index contributed by atoms with van der Waals surface area (Å²) >= 11 is 0. The van der Waals surface area contributed by atoms with Crippen LogP contribution in [0.3, 0.4) is 0 Å². The van der Waals surface area contributed by atoms with E-state index in [0.29, 0.717) is 0 Å². The highest BCUT2D eigenvalue weighted by atomic mass is 15.0. The Labute approximate surface area is 210 Å². The van der Waals surface area contributed by atoms with Crippen molar-refractivity contribution >= 4 is 27.5 Å². The highest BCUT2D eigenvalue weighted by Gasteiger charge is 2.72. The fourth-order valence-corrected chi connectivity index (χ4v) is 8.11. The molecule has 2 aliphatic rings. The second-order valence-corrected chi connectivity index (χ2v) is 14.7. The van der Waals surface area contributed by atoms with E-state index in [4.69, 9.17) is 9.97 Å². The molecular weight excluding hydrogens is 426 g/mol. The molecule has 0 radical (unpaired) electrons. The minimum Gasteiger partial charge on any atom is -0.299 e. The van der Waals surface area contributed by atoms with Gasteiger partial charge in [-0.2, -0.15) is 0 Å². The molecule has 6 rings (SSSR count). The third-order valence-electron chi connectivity index (χ3n) is 11.7. The zero-order chi connectivity index (χ0) is 25.7. The zero-order valence-corrected chi connectivity index (χ0v) is 23.7. The van der Waals surface area contributed by atoms with E-state index < -0.39 is 0 Å². The van der Waals surface area contributed by atoms with Crippen molar-refractivity contribution in [3.8, 4) is 0 Å². The Morgan fingerprint density at radius 1 is 0.771 bits per heavy atom. The smallest absolute Gasteiger partial charge is 0.145 e. The maximum atomic E-state index is 5.36. The number of aromatic nitrogens is 3. The Bertz CT molecular complexity index is 1590. The van der Waals surface area contributed by atoms with Crippen LogP contribution in [0.2, 0.25) is 0 Å². The number of pyridine rings is 2. The van der Waals surface area contributed by atoms with Gasteiger partial charge in [0.05, 0.1) is 16.7 Å². The van der Waals surface area contributed by atoms with Crippen LogP contribution in [0.5, 0.6) is 0 Å². The Kier molecular flexibility index (Phi) is 3.90. The molecule has 0 bridgehead atoms. The average Bonchev–Trinajstić information content (AvgIpc) is 3.22. The summed E-state index contributed by atoms with van der Waals surface area (Å²) < 4.78 is 2.38. The van der Waals surface area contributed by atoms with E-state index in [9.17, 15) is 0 Å². The summed E-state index contributed by atoms with van der Waals surface area (Å²) in [7, 11) is 0. The summed E-state index contributed by atoms with van der Waals surface area (Å²) in [4.78, 5) is 10.1. The first-order valence-corrected chi connectivity index (χ1v) is 13.2. The largest absolute Gasteiger partial charge is 0.299 e. The minimum atomic E-state index is -0.0252. The number of nitrogens with zero attached hydrogens (tertiary/aromatic N) is 3. The van der Waals surface area contributed by atoms with E-state index in [1.165, 1.54) is 27.4 Å². The number of hydrogen-bond acceptors (Lipinski definition) is 2. The van der Waals surface area contributed by atoms with Gasteiger partial charge in [0.2, 0.25) is 0 Å². The van der Waals surface area contributed by atoms with E-state index >= 15 is 0 Å². The van der Waals surface area contributed by atoms with Crippen molar-refractivity contribution in [1.29, 1.82) is 0 Å². The Morgan fingerprint density at radius 3 is 2.03 bits per heavy atom. The molecule has 35 heavy (non-hydrogen) atoms. The molecule has 3 aromatic heterocycles. The van der Waals surface area contributed by atoms with Gasteiger partial charge in [-0.05, 0) is 56.5 Å². The second kappa shape index (κ2) is 5.93. The minimum absolute atomic E-state index is 0.00114. The maximum absolute atomic E-state index is 5.36. The first-order chi connectivity index (χ1) is 15.9. The molecule has 1 unspecified atom stereocenters. The van der Waals surface area contributed by atoms with Gasteiger partial charge in [-0.25, -0.2) is 4.98 Å². The topological polar surface area (TPSA) is 30.2 Å². The zero-order valence-electron chi connectivity index (χ0n) is 23.7. The lowest BCUT2D eigenvalue weighted by Crippen LogP contribution is -2.55. The monoisotopic (exact) mass is 467 g/mol. The normalized spacial score (nSPS) is 25.6. The lowest BCUT2D eigenvalue weighted by Gasteiger charge is -2.56. The molecule has 3 nitrogen and oxygen atoms in total. The van der Waals surface area contributed by atoms with Crippen molar-refractivity contribution < 1.29 is 0 Å². The highest BCUT2D eigenvalue weighted by Crippen LogP contribution is 2.76. The third-order valence-corrected chi connectivity index (χ3v) is 11.7. The van der Waals surface area contributed by atoms with E-state index in [1.807, 2.05) is 6.20 Å². The quantitative estimate of drug-likeness (QED) is 0.261. The summed E-state index contributed by atoms with van der Waals surface area (Å²) in [6, 6.07) is 6.84. The van der Waals surface area contributed by atoms with Gasteiger partial charge in [-0.1, -0.05) is 83.1 Å². The summed E-state index contributed by atoms with van der Waals surface area (Å²) in [6.07, 6.45) is 4.20. The molecule has 4 aromatic rings. The van der Waals surface area contributed by atoms with Gasteiger partial charge < -0.3 is 0 Å².